The Balaban J connectivity index is 1.62. The summed E-state index contributed by atoms with van der Waals surface area (Å²) >= 11 is 1.56. The Hall–Kier alpha value is -2.15. The molecule has 1 aromatic heterocycles. The van der Waals surface area contributed by atoms with Crippen LogP contribution in [0.1, 0.15) is 20.8 Å². The summed E-state index contributed by atoms with van der Waals surface area (Å²) in [5.41, 5.74) is 1.30. The molecule has 2 aromatic rings. The topological polar surface area (TPSA) is 55.4 Å². The molecular weight excluding hydrogens is 336 g/mol. The van der Waals surface area contributed by atoms with E-state index in [1.165, 1.54) is 4.90 Å². The number of carbonyl (C=O) groups is 1. The molecule has 0 aliphatic carbocycles. The number of Topliss-reactive ketones (excluding diaryl/α,β-unsaturated/α-hetero) is 1. The van der Waals surface area contributed by atoms with Gasteiger partial charge in [0.1, 0.15) is 38.5 Å². The van der Waals surface area contributed by atoms with Crippen molar-refractivity contribution in [2.75, 3.05) is 33.2 Å². The van der Waals surface area contributed by atoms with Crippen molar-refractivity contribution in [2.45, 2.75) is 6.54 Å². The summed E-state index contributed by atoms with van der Waals surface area (Å²) in [7, 11) is 2.21. The summed E-state index contributed by atoms with van der Waals surface area (Å²) in [6.45, 7) is 5.03. The highest BCUT2D eigenvalue weighted by Crippen LogP contribution is 2.39. The lowest BCUT2D eigenvalue weighted by Gasteiger charge is -2.27. The van der Waals surface area contributed by atoms with Crippen LogP contribution in [0.5, 0.6) is 11.5 Å². The molecule has 0 spiro atoms. The predicted molar refractivity (Wildman–Crippen MR) is 96.4 cm³/mol. The molecular formula is C19H22N2O3S+2. The largest absolute Gasteiger partial charge is 0.507 e. The number of allylic oxidation sites excluding steroid dienone is 1. The Morgan fingerprint density at radius 1 is 1.24 bits per heavy atom. The van der Waals surface area contributed by atoms with Crippen molar-refractivity contribution in [3.8, 4) is 11.5 Å². The SMILES string of the molecule is C[NH+]1CC[NH+](Cc2c(O)ccc3c2O/C(=C/c2cccs2)C3=O)CC1. The smallest absolute Gasteiger partial charge is 0.232 e. The Morgan fingerprint density at radius 3 is 2.76 bits per heavy atom. The molecule has 0 atom stereocenters. The van der Waals surface area contributed by atoms with Crippen LogP contribution >= 0.6 is 11.3 Å². The van der Waals surface area contributed by atoms with E-state index in [-0.39, 0.29) is 11.5 Å². The number of fused-ring (bicyclic) bond motifs is 1. The third-order valence-corrected chi connectivity index (χ3v) is 5.79. The fraction of sp³-hybridized carbons (Fsp3) is 0.316. The minimum atomic E-state index is -0.109. The number of aromatic hydroxyl groups is 1. The average molecular weight is 358 g/mol. The number of hydrogen-bond donors (Lipinski definition) is 3. The number of nitrogens with one attached hydrogen (secondary N) is 2. The number of hydrogen-bond acceptors (Lipinski definition) is 4. The Bertz CT molecular complexity index is 821. The third kappa shape index (κ3) is 3.20. The van der Waals surface area contributed by atoms with Crippen molar-refractivity contribution in [1.29, 1.82) is 0 Å². The van der Waals surface area contributed by atoms with Gasteiger partial charge in [-0.2, -0.15) is 0 Å². The van der Waals surface area contributed by atoms with Crippen molar-refractivity contribution in [2.24, 2.45) is 0 Å². The number of thiophene rings is 1. The Morgan fingerprint density at radius 2 is 2.04 bits per heavy atom. The van der Waals surface area contributed by atoms with E-state index in [1.807, 2.05) is 17.5 Å². The molecule has 0 amide bonds. The van der Waals surface area contributed by atoms with Gasteiger partial charge in [-0.3, -0.25) is 4.79 Å². The molecule has 4 rings (SSSR count). The number of ether oxygens (including phenoxy) is 1. The Labute approximate surface area is 150 Å². The van der Waals surface area contributed by atoms with Gasteiger partial charge < -0.3 is 19.6 Å². The number of quaternary nitrogens is 2. The first-order valence-corrected chi connectivity index (χ1v) is 9.47. The standard InChI is InChI=1S/C19H20N2O3S/c1-20-6-8-21(9-7-20)12-15-16(22)5-4-14-18(23)17(24-19(14)15)11-13-3-2-10-25-13/h2-5,10-11,22H,6-9,12H2,1H3/p+2/b17-11+. The van der Waals surface area contributed by atoms with Crippen LogP contribution in [-0.2, 0) is 6.54 Å². The van der Waals surface area contributed by atoms with Crippen LogP contribution in [0.3, 0.4) is 0 Å². The zero-order valence-electron chi connectivity index (χ0n) is 14.2. The highest BCUT2D eigenvalue weighted by Gasteiger charge is 2.33. The molecule has 1 fully saturated rings. The second kappa shape index (κ2) is 6.63. The first-order valence-electron chi connectivity index (χ1n) is 8.59. The molecule has 0 unspecified atom stereocenters. The van der Waals surface area contributed by atoms with Crippen LogP contribution in [0.25, 0.3) is 6.08 Å². The van der Waals surface area contributed by atoms with Gasteiger partial charge in [-0.1, -0.05) is 6.07 Å². The molecule has 0 bridgehead atoms. The number of benzene rings is 1. The summed E-state index contributed by atoms with van der Waals surface area (Å²) in [6.07, 6.45) is 1.78. The van der Waals surface area contributed by atoms with Crippen LogP contribution < -0.4 is 14.5 Å². The zero-order chi connectivity index (χ0) is 17.4. The predicted octanol–water partition coefficient (Wildman–Crippen LogP) is -0.0169. The van der Waals surface area contributed by atoms with Gasteiger partial charge >= 0.3 is 0 Å². The zero-order valence-corrected chi connectivity index (χ0v) is 15.0. The van der Waals surface area contributed by atoms with Gasteiger partial charge in [0.25, 0.3) is 0 Å². The molecule has 0 radical (unpaired) electrons. The van der Waals surface area contributed by atoms with Crippen molar-refractivity contribution in [3.63, 3.8) is 0 Å². The van der Waals surface area contributed by atoms with E-state index in [1.54, 1.807) is 34.4 Å². The van der Waals surface area contributed by atoms with E-state index in [0.29, 0.717) is 23.6 Å². The number of rotatable bonds is 3. The highest BCUT2D eigenvalue weighted by atomic mass is 32.1. The number of ketones is 1. The maximum atomic E-state index is 12.6. The summed E-state index contributed by atoms with van der Waals surface area (Å²) < 4.78 is 5.91. The molecule has 1 saturated heterocycles. The van der Waals surface area contributed by atoms with Crippen molar-refractivity contribution < 1.29 is 24.4 Å². The van der Waals surface area contributed by atoms with Crippen LogP contribution in [0.15, 0.2) is 35.4 Å². The molecule has 1 aromatic carbocycles. The van der Waals surface area contributed by atoms with Gasteiger partial charge in [-0.15, -0.1) is 11.3 Å². The van der Waals surface area contributed by atoms with E-state index in [0.717, 1.165) is 36.6 Å². The number of carbonyl (C=O) groups excluding carboxylic acids is 1. The lowest BCUT2D eigenvalue weighted by molar-refractivity contribution is -1.01. The molecule has 5 nitrogen and oxygen atoms in total. The maximum Gasteiger partial charge on any atom is 0.232 e. The van der Waals surface area contributed by atoms with E-state index >= 15 is 0 Å². The number of phenols is 1. The van der Waals surface area contributed by atoms with E-state index < -0.39 is 0 Å². The van der Waals surface area contributed by atoms with Crippen molar-refractivity contribution in [1.82, 2.24) is 0 Å². The fourth-order valence-electron chi connectivity index (χ4n) is 3.43. The van der Waals surface area contributed by atoms with Gasteiger partial charge in [0.05, 0.1) is 18.2 Å². The van der Waals surface area contributed by atoms with Crippen LogP contribution in [0, 0.1) is 0 Å². The maximum absolute atomic E-state index is 12.6. The molecule has 130 valence electrons. The van der Waals surface area contributed by atoms with Crippen LogP contribution in [0.2, 0.25) is 0 Å². The fourth-order valence-corrected chi connectivity index (χ4v) is 4.07. The number of piperazine rings is 1. The normalized spacial score (nSPS) is 24.4. The number of phenolic OH excluding ortho intramolecular Hbond substituents is 1. The third-order valence-electron chi connectivity index (χ3n) is 4.97. The quantitative estimate of drug-likeness (QED) is 0.676. The summed E-state index contributed by atoms with van der Waals surface area (Å²) in [5, 5.41) is 12.3. The van der Waals surface area contributed by atoms with Gasteiger partial charge in [0.15, 0.2) is 11.5 Å². The van der Waals surface area contributed by atoms with Gasteiger partial charge in [-0.05, 0) is 23.6 Å². The highest BCUT2D eigenvalue weighted by molar-refractivity contribution is 7.10. The molecule has 3 heterocycles. The summed E-state index contributed by atoms with van der Waals surface area (Å²) in [4.78, 5) is 16.6. The molecule has 25 heavy (non-hydrogen) atoms. The van der Waals surface area contributed by atoms with Gasteiger partial charge in [-0.25, -0.2) is 0 Å². The second-order valence-electron chi connectivity index (χ2n) is 6.78. The summed E-state index contributed by atoms with van der Waals surface area (Å²) in [6, 6.07) is 7.17. The monoisotopic (exact) mass is 358 g/mol. The first-order chi connectivity index (χ1) is 12.1. The Kier molecular flexibility index (Phi) is 4.33. The molecule has 0 saturated carbocycles. The lowest BCUT2D eigenvalue weighted by atomic mass is 10.0. The van der Waals surface area contributed by atoms with Gasteiger partial charge in [0, 0.05) is 11.0 Å². The van der Waals surface area contributed by atoms with E-state index in [2.05, 4.69) is 7.05 Å². The van der Waals surface area contributed by atoms with Crippen molar-refractivity contribution in [3.05, 3.63) is 51.4 Å². The lowest BCUT2D eigenvalue weighted by Crippen LogP contribution is -3.26. The average Bonchev–Trinajstić information content (AvgIpc) is 3.22. The molecule has 2 aliphatic rings. The second-order valence-corrected chi connectivity index (χ2v) is 7.76. The number of likely N-dealkylation sites (N-methyl/N-ethyl adjacent to an activating group) is 1. The summed E-state index contributed by atoms with van der Waals surface area (Å²) in [5.74, 6) is 0.971. The molecule has 3 N–H and O–H groups in total. The van der Waals surface area contributed by atoms with Crippen LogP contribution in [-0.4, -0.2) is 44.1 Å². The van der Waals surface area contributed by atoms with E-state index in [9.17, 15) is 9.90 Å². The minimum Gasteiger partial charge on any atom is -0.507 e. The molecule has 6 heteroatoms. The van der Waals surface area contributed by atoms with Crippen LogP contribution in [0.4, 0.5) is 0 Å². The van der Waals surface area contributed by atoms with Crippen molar-refractivity contribution >= 4 is 23.2 Å². The minimum absolute atomic E-state index is 0.109. The van der Waals surface area contributed by atoms with E-state index in [4.69, 9.17) is 4.74 Å². The first kappa shape index (κ1) is 16.3. The molecule has 2 aliphatic heterocycles. The van der Waals surface area contributed by atoms with Gasteiger partial charge in [0.2, 0.25) is 5.78 Å².